The third-order valence-electron chi connectivity index (χ3n) is 2.56. The monoisotopic (exact) mass is 374 g/mol. The average Bonchev–Trinajstić information content (AvgIpc) is 2.86. The first-order valence-electron chi connectivity index (χ1n) is 5.94. The highest BCUT2D eigenvalue weighted by molar-refractivity contribution is 9.10. The van der Waals surface area contributed by atoms with Crippen molar-refractivity contribution in [3.63, 3.8) is 0 Å². The van der Waals surface area contributed by atoms with Crippen molar-refractivity contribution < 1.29 is 4.79 Å². The van der Waals surface area contributed by atoms with E-state index in [4.69, 9.17) is 0 Å². The zero-order chi connectivity index (χ0) is 13.7. The number of amides is 1. The van der Waals surface area contributed by atoms with Gasteiger partial charge in [-0.2, -0.15) is 0 Å². The Balaban J connectivity index is 0.00000200. The van der Waals surface area contributed by atoms with Gasteiger partial charge in [0.15, 0.2) is 0 Å². The molecule has 2 aromatic rings. The first-order chi connectivity index (χ1) is 9.15. The van der Waals surface area contributed by atoms with Crippen LogP contribution in [-0.2, 0) is 11.3 Å². The number of hydrogen-bond donors (Lipinski definition) is 2. The lowest BCUT2D eigenvalue weighted by Crippen LogP contribution is -2.27. The molecule has 20 heavy (non-hydrogen) atoms. The van der Waals surface area contributed by atoms with Crippen molar-refractivity contribution in [3.05, 3.63) is 50.6 Å². The Hall–Kier alpha value is -0.880. The van der Waals surface area contributed by atoms with Crippen LogP contribution in [0.1, 0.15) is 10.4 Å². The molecule has 0 aliphatic carbocycles. The summed E-state index contributed by atoms with van der Waals surface area (Å²) in [6.45, 7) is 3.04. The summed E-state index contributed by atoms with van der Waals surface area (Å²) in [6.07, 6.45) is 0. The van der Waals surface area contributed by atoms with Crippen molar-refractivity contribution in [2.75, 3.05) is 11.9 Å². The number of carbonyl (C=O) groups excluding carboxylic acids is 1. The summed E-state index contributed by atoms with van der Waals surface area (Å²) in [5.74, 6) is -0.0406. The quantitative estimate of drug-likeness (QED) is 0.830. The summed E-state index contributed by atoms with van der Waals surface area (Å²) in [5.41, 5.74) is 1.95. The molecule has 1 aromatic carbocycles. The van der Waals surface area contributed by atoms with Gasteiger partial charge in [0, 0.05) is 15.9 Å². The zero-order valence-corrected chi connectivity index (χ0v) is 14.2. The van der Waals surface area contributed by atoms with E-state index in [1.54, 1.807) is 11.3 Å². The molecule has 1 aromatic heterocycles. The highest BCUT2D eigenvalue weighted by Gasteiger charge is 2.05. The van der Waals surface area contributed by atoms with E-state index >= 15 is 0 Å². The number of benzene rings is 1. The van der Waals surface area contributed by atoms with Gasteiger partial charge in [-0.05, 0) is 52.0 Å². The minimum absolute atomic E-state index is 0. The maximum atomic E-state index is 11.8. The molecule has 2 rings (SSSR count). The number of aryl methyl sites for hydroxylation is 1. The minimum Gasteiger partial charge on any atom is -0.324 e. The lowest BCUT2D eigenvalue weighted by atomic mass is 10.2. The molecule has 0 unspecified atom stereocenters. The lowest BCUT2D eigenvalue weighted by Gasteiger charge is -2.08. The van der Waals surface area contributed by atoms with Crippen LogP contribution >= 0.6 is 39.7 Å². The Morgan fingerprint density at radius 1 is 1.35 bits per heavy atom. The molecular formula is C14H16BrClN2OS. The largest absolute Gasteiger partial charge is 0.324 e. The molecule has 0 aliphatic heterocycles. The van der Waals surface area contributed by atoms with Crippen LogP contribution in [0.15, 0.2) is 40.2 Å². The van der Waals surface area contributed by atoms with Crippen LogP contribution in [0.5, 0.6) is 0 Å². The minimum atomic E-state index is -0.0406. The van der Waals surface area contributed by atoms with Crippen molar-refractivity contribution in [3.8, 4) is 0 Å². The highest BCUT2D eigenvalue weighted by atomic mass is 79.9. The summed E-state index contributed by atoms with van der Waals surface area (Å²) >= 11 is 5.12. The van der Waals surface area contributed by atoms with Gasteiger partial charge in [0.05, 0.1) is 12.2 Å². The van der Waals surface area contributed by atoms with E-state index in [1.165, 1.54) is 4.88 Å². The number of rotatable bonds is 5. The van der Waals surface area contributed by atoms with Crippen LogP contribution in [0.25, 0.3) is 0 Å². The third-order valence-corrected chi connectivity index (χ3v) is 4.10. The Morgan fingerprint density at radius 3 is 2.80 bits per heavy atom. The molecule has 1 heterocycles. The fraction of sp³-hybridized carbons (Fsp3) is 0.214. The third kappa shape index (κ3) is 5.25. The maximum Gasteiger partial charge on any atom is 0.238 e. The smallest absolute Gasteiger partial charge is 0.238 e. The second-order valence-corrected chi connectivity index (χ2v) is 6.10. The van der Waals surface area contributed by atoms with E-state index in [9.17, 15) is 4.79 Å². The van der Waals surface area contributed by atoms with Crippen LogP contribution < -0.4 is 10.6 Å². The Kier molecular flexibility index (Phi) is 7.23. The molecule has 0 radical (unpaired) electrons. The van der Waals surface area contributed by atoms with E-state index in [0.717, 1.165) is 22.3 Å². The van der Waals surface area contributed by atoms with Crippen molar-refractivity contribution >= 4 is 51.3 Å². The second-order valence-electron chi connectivity index (χ2n) is 4.21. The van der Waals surface area contributed by atoms with Crippen LogP contribution in [0, 0.1) is 6.92 Å². The Labute approximate surface area is 137 Å². The van der Waals surface area contributed by atoms with Crippen LogP contribution in [0.4, 0.5) is 5.69 Å². The van der Waals surface area contributed by atoms with Gasteiger partial charge in [0.1, 0.15) is 0 Å². The molecule has 3 nitrogen and oxygen atoms in total. The van der Waals surface area contributed by atoms with Crippen molar-refractivity contribution in [1.29, 1.82) is 0 Å². The molecular weight excluding hydrogens is 360 g/mol. The van der Waals surface area contributed by atoms with E-state index in [2.05, 4.69) is 26.6 Å². The summed E-state index contributed by atoms with van der Waals surface area (Å²) in [7, 11) is 0. The number of nitrogens with one attached hydrogen (secondary N) is 2. The molecule has 0 fully saturated rings. The topological polar surface area (TPSA) is 41.1 Å². The number of hydrogen-bond acceptors (Lipinski definition) is 3. The molecule has 6 heteroatoms. The molecule has 1 amide bonds. The molecule has 0 spiro atoms. The summed E-state index contributed by atoms with van der Waals surface area (Å²) in [4.78, 5) is 13.0. The summed E-state index contributed by atoms with van der Waals surface area (Å²) < 4.78 is 0.902. The molecule has 0 saturated carbocycles. The predicted octanol–water partition coefficient (Wildman–Crippen LogP) is 3.97. The van der Waals surface area contributed by atoms with E-state index in [1.807, 2.05) is 42.6 Å². The standard InChI is InChI=1S/C14H15BrN2OS.ClH/c1-10-4-5-13(12(15)7-10)17-14(18)9-16-8-11-3-2-6-19-11;/h2-7,16H,8-9H2,1H3,(H,17,18);1H. The maximum absolute atomic E-state index is 11.8. The molecule has 0 saturated heterocycles. The fourth-order valence-corrected chi connectivity index (χ4v) is 2.90. The summed E-state index contributed by atoms with van der Waals surface area (Å²) in [5, 5.41) is 8.02. The molecule has 108 valence electrons. The van der Waals surface area contributed by atoms with Crippen LogP contribution in [0.2, 0.25) is 0 Å². The van der Waals surface area contributed by atoms with Gasteiger partial charge >= 0.3 is 0 Å². The van der Waals surface area contributed by atoms with E-state index < -0.39 is 0 Å². The normalized spacial score (nSPS) is 9.90. The van der Waals surface area contributed by atoms with E-state index in [0.29, 0.717) is 6.54 Å². The van der Waals surface area contributed by atoms with Crippen molar-refractivity contribution in [2.24, 2.45) is 0 Å². The molecule has 0 aliphatic rings. The Bertz CT molecular complexity index is 560. The number of anilines is 1. The zero-order valence-electron chi connectivity index (χ0n) is 11.0. The van der Waals surface area contributed by atoms with Crippen molar-refractivity contribution in [2.45, 2.75) is 13.5 Å². The van der Waals surface area contributed by atoms with Crippen LogP contribution in [-0.4, -0.2) is 12.5 Å². The molecule has 0 atom stereocenters. The fourth-order valence-electron chi connectivity index (χ4n) is 1.63. The predicted molar refractivity (Wildman–Crippen MR) is 90.8 cm³/mol. The van der Waals surface area contributed by atoms with Crippen molar-refractivity contribution in [1.82, 2.24) is 5.32 Å². The Morgan fingerprint density at radius 2 is 2.15 bits per heavy atom. The summed E-state index contributed by atoms with van der Waals surface area (Å²) in [6, 6.07) is 9.90. The average molecular weight is 376 g/mol. The molecule has 0 bridgehead atoms. The SMILES string of the molecule is Cc1ccc(NC(=O)CNCc2cccs2)c(Br)c1.Cl. The first-order valence-corrected chi connectivity index (χ1v) is 7.61. The van der Waals surface area contributed by atoms with Gasteiger partial charge in [-0.15, -0.1) is 23.7 Å². The van der Waals surface area contributed by atoms with Gasteiger partial charge in [0.2, 0.25) is 5.91 Å². The highest BCUT2D eigenvalue weighted by Crippen LogP contribution is 2.23. The number of thiophene rings is 1. The van der Waals surface area contributed by atoms with E-state index in [-0.39, 0.29) is 18.3 Å². The lowest BCUT2D eigenvalue weighted by molar-refractivity contribution is -0.115. The van der Waals surface area contributed by atoms with Gasteiger partial charge in [-0.1, -0.05) is 12.1 Å². The number of carbonyl (C=O) groups is 1. The van der Waals surface area contributed by atoms with Gasteiger partial charge in [-0.3, -0.25) is 4.79 Å². The first kappa shape index (κ1) is 17.2. The van der Waals surface area contributed by atoms with Gasteiger partial charge < -0.3 is 10.6 Å². The second kappa shape index (κ2) is 8.42. The number of halogens is 2. The van der Waals surface area contributed by atoms with Gasteiger partial charge in [-0.25, -0.2) is 0 Å². The van der Waals surface area contributed by atoms with Crippen LogP contribution in [0.3, 0.4) is 0 Å². The molecule has 2 N–H and O–H groups in total. The van der Waals surface area contributed by atoms with Gasteiger partial charge in [0.25, 0.3) is 0 Å².